The fraction of sp³-hybridized carbons (Fsp3) is 0.316. The number of carbonyl (C=O) groups is 1. The van der Waals surface area contributed by atoms with E-state index >= 15 is 0 Å². The van der Waals surface area contributed by atoms with Crippen LogP contribution in [-0.2, 0) is 6.42 Å². The highest BCUT2D eigenvalue weighted by atomic mass is 16.3. The van der Waals surface area contributed by atoms with E-state index in [9.17, 15) is 15.0 Å². The van der Waals surface area contributed by atoms with E-state index in [4.69, 9.17) is 12.6 Å². The fourth-order valence-electron chi connectivity index (χ4n) is 2.25. The second-order valence-corrected chi connectivity index (χ2v) is 5.61. The van der Waals surface area contributed by atoms with Crippen molar-refractivity contribution < 1.29 is 21.9 Å². The van der Waals surface area contributed by atoms with Gasteiger partial charge in [0.25, 0.3) is 5.91 Å². The van der Waals surface area contributed by atoms with Gasteiger partial charge in [-0.3, -0.25) is 4.79 Å². The standard InChI is InChI=1S/C19H24N2O3/c1-13(7-8-14-5-3-2-4-6-14)21-12-18(23)15-9-10-17(22)16(11-15)19(20)24/h2-6,9-11,13,18,21-23H,7-8,12H2,1H3,(H2,20,24)/i2D,3D,4D,5D,6D. The third kappa shape index (κ3) is 5.08. The smallest absolute Gasteiger partial charge is 0.252 e. The van der Waals surface area contributed by atoms with Crippen LogP contribution in [0, 0.1) is 0 Å². The minimum absolute atomic E-state index is 0.0733. The Morgan fingerprint density at radius 1 is 1.33 bits per heavy atom. The largest absolute Gasteiger partial charge is 0.507 e. The number of carbonyl (C=O) groups excluding carboxylic acids is 1. The lowest BCUT2D eigenvalue weighted by Crippen LogP contribution is -2.31. The topological polar surface area (TPSA) is 95.6 Å². The molecule has 2 aromatic carbocycles. The zero-order chi connectivity index (χ0) is 21.9. The number of primary amides is 1. The Morgan fingerprint density at radius 3 is 2.71 bits per heavy atom. The van der Waals surface area contributed by atoms with Gasteiger partial charge >= 0.3 is 0 Å². The van der Waals surface area contributed by atoms with Crippen LogP contribution in [0.1, 0.15) is 47.8 Å². The molecule has 2 atom stereocenters. The Labute approximate surface area is 149 Å². The number of aromatic hydroxyl groups is 1. The van der Waals surface area contributed by atoms with Gasteiger partial charge in [-0.2, -0.15) is 0 Å². The van der Waals surface area contributed by atoms with Crippen LogP contribution < -0.4 is 11.1 Å². The monoisotopic (exact) mass is 333 g/mol. The summed E-state index contributed by atoms with van der Waals surface area (Å²) in [5.41, 5.74) is 5.79. The molecule has 0 fully saturated rings. The molecule has 0 spiro atoms. The molecular formula is C19H24N2O3. The van der Waals surface area contributed by atoms with Crippen molar-refractivity contribution in [2.24, 2.45) is 5.73 Å². The zero-order valence-corrected chi connectivity index (χ0v) is 13.4. The molecule has 0 aliphatic heterocycles. The van der Waals surface area contributed by atoms with E-state index in [1.807, 2.05) is 6.92 Å². The van der Waals surface area contributed by atoms with E-state index < -0.39 is 18.1 Å². The van der Waals surface area contributed by atoms with Gasteiger partial charge in [0.05, 0.1) is 18.5 Å². The molecule has 5 heteroatoms. The molecule has 0 radical (unpaired) electrons. The van der Waals surface area contributed by atoms with Crippen LogP contribution >= 0.6 is 0 Å². The van der Waals surface area contributed by atoms with Gasteiger partial charge in [0, 0.05) is 12.6 Å². The van der Waals surface area contributed by atoms with Crippen molar-refractivity contribution in [1.29, 1.82) is 0 Å². The maximum Gasteiger partial charge on any atom is 0.252 e. The Morgan fingerprint density at radius 2 is 2.04 bits per heavy atom. The molecule has 128 valence electrons. The van der Waals surface area contributed by atoms with Gasteiger partial charge in [-0.25, -0.2) is 0 Å². The van der Waals surface area contributed by atoms with E-state index in [-0.39, 0.29) is 60.1 Å². The summed E-state index contributed by atoms with van der Waals surface area (Å²) in [7, 11) is 0. The summed E-state index contributed by atoms with van der Waals surface area (Å²) in [5, 5.41) is 23.0. The second-order valence-electron chi connectivity index (χ2n) is 5.61. The van der Waals surface area contributed by atoms with Crippen LogP contribution in [0.5, 0.6) is 5.75 Å². The van der Waals surface area contributed by atoms with Gasteiger partial charge in [0.1, 0.15) is 5.75 Å². The Bertz CT molecular complexity index is 894. The predicted molar refractivity (Wildman–Crippen MR) is 93.8 cm³/mol. The molecular weight excluding hydrogens is 304 g/mol. The summed E-state index contributed by atoms with van der Waals surface area (Å²) < 4.78 is 38.9. The first kappa shape index (κ1) is 12.1. The lowest BCUT2D eigenvalue weighted by molar-refractivity contribution is 0.0997. The summed E-state index contributed by atoms with van der Waals surface area (Å²) in [4.78, 5) is 11.3. The average Bonchev–Trinajstić information content (AvgIpc) is 2.69. The van der Waals surface area contributed by atoms with Gasteiger partial charge in [0.2, 0.25) is 0 Å². The second kappa shape index (κ2) is 8.47. The Balaban J connectivity index is 1.98. The van der Waals surface area contributed by atoms with Crippen molar-refractivity contribution in [3.8, 4) is 5.75 Å². The van der Waals surface area contributed by atoms with E-state index in [1.165, 1.54) is 18.2 Å². The minimum atomic E-state index is -0.947. The molecule has 0 aliphatic carbocycles. The maximum absolute atomic E-state index is 11.3. The van der Waals surface area contributed by atoms with Crippen molar-refractivity contribution in [1.82, 2.24) is 5.32 Å². The number of phenols is 1. The Kier molecular flexibility index (Phi) is 4.26. The third-order valence-electron chi connectivity index (χ3n) is 3.71. The number of hydrogen-bond acceptors (Lipinski definition) is 4. The van der Waals surface area contributed by atoms with Crippen molar-refractivity contribution >= 4 is 5.91 Å². The predicted octanol–water partition coefficient (Wildman–Crippen LogP) is 2.14. The first-order valence-corrected chi connectivity index (χ1v) is 7.64. The number of amides is 1. The van der Waals surface area contributed by atoms with Gasteiger partial charge in [0.15, 0.2) is 0 Å². The van der Waals surface area contributed by atoms with Gasteiger partial charge in [-0.15, -0.1) is 0 Å². The summed E-state index contributed by atoms with van der Waals surface area (Å²) in [6.07, 6.45) is -0.176. The minimum Gasteiger partial charge on any atom is -0.507 e. The van der Waals surface area contributed by atoms with Crippen LogP contribution in [0.3, 0.4) is 0 Å². The average molecular weight is 333 g/mol. The SMILES string of the molecule is [2H]c1c([2H])c([2H])c(CCC(C)NCC(O)c2ccc(O)c(C(N)=O)c2)c([2H])c1[2H]. The van der Waals surface area contributed by atoms with Crippen molar-refractivity contribution in [3.05, 3.63) is 65.1 Å². The highest BCUT2D eigenvalue weighted by molar-refractivity contribution is 5.95. The number of aliphatic hydroxyl groups is 1. The number of nitrogens with two attached hydrogens (primary N) is 1. The number of aliphatic hydroxyl groups excluding tert-OH is 1. The fourth-order valence-corrected chi connectivity index (χ4v) is 2.25. The molecule has 2 aromatic rings. The van der Waals surface area contributed by atoms with E-state index in [0.29, 0.717) is 12.0 Å². The van der Waals surface area contributed by atoms with E-state index in [0.717, 1.165) is 0 Å². The van der Waals surface area contributed by atoms with Gasteiger partial charge < -0.3 is 21.3 Å². The normalized spacial score (nSPS) is 16.3. The molecule has 2 rings (SSSR count). The zero-order valence-electron chi connectivity index (χ0n) is 18.4. The van der Waals surface area contributed by atoms with Crippen LogP contribution in [-0.4, -0.2) is 28.7 Å². The molecule has 0 aromatic heterocycles. The molecule has 0 aliphatic rings. The number of nitrogens with one attached hydrogen (secondary N) is 1. The van der Waals surface area contributed by atoms with Crippen LogP contribution in [0.15, 0.2) is 48.4 Å². The van der Waals surface area contributed by atoms with Gasteiger partial charge in [-0.05, 0) is 43.0 Å². The highest BCUT2D eigenvalue weighted by Gasteiger charge is 2.14. The van der Waals surface area contributed by atoms with Crippen LogP contribution in [0.2, 0.25) is 0 Å². The number of benzene rings is 2. The summed E-state index contributed by atoms with van der Waals surface area (Å²) in [5.74, 6) is -1.05. The molecule has 0 saturated carbocycles. The van der Waals surface area contributed by atoms with Gasteiger partial charge in [-0.1, -0.05) is 36.3 Å². The Hall–Kier alpha value is -2.37. The van der Waals surface area contributed by atoms with Crippen molar-refractivity contribution in [3.63, 3.8) is 0 Å². The van der Waals surface area contributed by atoms with E-state index in [1.54, 1.807) is 0 Å². The number of rotatable bonds is 8. The summed E-state index contributed by atoms with van der Waals surface area (Å²) >= 11 is 0. The van der Waals surface area contributed by atoms with Crippen LogP contribution in [0.4, 0.5) is 0 Å². The molecule has 5 nitrogen and oxygen atoms in total. The molecule has 5 N–H and O–H groups in total. The first-order chi connectivity index (χ1) is 13.5. The number of hydrogen-bond donors (Lipinski definition) is 4. The molecule has 24 heavy (non-hydrogen) atoms. The quantitative estimate of drug-likeness (QED) is 0.595. The third-order valence-corrected chi connectivity index (χ3v) is 3.71. The summed E-state index contributed by atoms with van der Waals surface area (Å²) in [6.45, 7) is 2.01. The first-order valence-electron chi connectivity index (χ1n) is 10.1. The van der Waals surface area contributed by atoms with Crippen molar-refractivity contribution in [2.45, 2.75) is 31.9 Å². The molecule has 0 heterocycles. The van der Waals surface area contributed by atoms with Crippen molar-refractivity contribution in [2.75, 3.05) is 6.54 Å². The molecule has 2 unspecified atom stereocenters. The molecule has 1 amide bonds. The lowest BCUT2D eigenvalue weighted by atomic mass is 10.0. The molecule has 0 bridgehead atoms. The highest BCUT2D eigenvalue weighted by Crippen LogP contribution is 2.22. The lowest BCUT2D eigenvalue weighted by Gasteiger charge is -2.18. The summed E-state index contributed by atoms with van der Waals surface area (Å²) in [6, 6.07) is 2.48. The van der Waals surface area contributed by atoms with E-state index in [2.05, 4.69) is 5.32 Å². The molecule has 0 saturated heterocycles. The maximum atomic E-state index is 11.3. The van der Waals surface area contributed by atoms with Crippen LogP contribution in [0.25, 0.3) is 0 Å².